The zero-order valence-corrected chi connectivity index (χ0v) is 10.4. The number of rotatable bonds is 4. The molecule has 1 aromatic rings. The zero-order chi connectivity index (χ0) is 13.3. The number of ether oxygens (including phenoxy) is 1. The maximum atomic E-state index is 10.8. The second-order valence-electron chi connectivity index (χ2n) is 4.90. The lowest BCUT2D eigenvalue weighted by Gasteiger charge is -2.37. The van der Waals surface area contributed by atoms with E-state index in [1.807, 2.05) is 0 Å². The van der Waals surface area contributed by atoms with Crippen LogP contribution in [0.25, 0.3) is 0 Å². The van der Waals surface area contributed by atoms with Crippen LogP contribution in [0.2, 0.25) is 0 Å². The van der Waals surface area contributed by atoms with Crippen LogP contribution in [0.4, 0.5) is 5.69 Å². The summed E-state index contributed by atoms with van der Waals surface area (Å²) in [5.41, 5.74) is -2.15. The lowest BCUT2D eigenvalue weighted by atomic mass is 9.89. The molecule has 0 atom stereocenters. The second kappa shape index (κ2) is 4.33. The van der Waals surface area contributed by atoms with Crippen LogP contribution in [0.3, 0.4) is 0 Å². The van der Waals surface area contributed by atoms with Gasteiger partial charge in [0.25, 0.3) is 0 Å². The Hall–Kier alpha value is -1.62. The molecule has 0 aliphatic rings. The fourth-order valence-corrected chi connectivity index (χ4v) is 1.09. The molecule has 0 saturated heterocycles. The lowest BCUT2D eigenvalue weighted by molar-refractivity contribution is -0.386. The Bertz CT molecular complexity index is 421. The minimum Gasteiger partial charge on any atom is -0.478 e. The molecule has 94 valence electrons. The Morgan fingerprint density at radius 2 is 1.76 bits per heavy atom. The summed E-state index contributed by atoms with van der Waals surface area (Å²) in [4.78, 5) is 10.3. The third-order valence-electron chi connectivity index (χ3n) is 2.90. The molecule has 0 unspecified atom stereocenters. The van der Waals surface area contributed by atoms with E-state index in [0.717, 1.165) is 0 Å². The fourth-order valence-electron chi connectivity index (χ4n) is 1.09. The molecule has 0 aliphatic carbocycles. The van der Waals surface area contributed by atoms with Crippen molar-refractivity contribution in [1.82, 2.24) is 0 Å². The molecule has 0 bridgehead atoms. The number of nitrogens with zero attached hydrogens (tertiary/aromatic N) is 1. The molecular formula is C12H17NO4. The number of hydrogen-bond acceptors (Lipinski definition) is 4. The standard InChI is InChI=1S/C12H17NO4/c1-11(2,14)12(3,4)17-10-8-6-5-7-9(10)13(15)16/h5-8,14H,1-4H3. The first-order valence-electron chi connectivity index (χ1n) is 5.30. The van der Waals surface area contributed by atoms with Gasteiger partial charge in [0.05, 0.1) is 10.5 Å². The summed E-state index contributed by atoms with van der Waals surface area (Å²) in [6, 6.07) is 6.12. The van der Waals surface area contributed by atoms with Gasteiger partial charge in [0.2, 0.25) is 0 Å². The first-order valence-corrected chi connectivity index (χ1v) is 5.30. The summed E-state index contributed by atoms with van der Waals surface area (Å²) >= 11 is 0. The summed E-state index contributed by atoms with van der Waals surface area (Å²) in [6.07, 6.45) is 0. The number of nitro groups is 1. The summed E-state index contributed by atoms with van der Waals surface area (Å²) in [5, 5.41) is 20.8. The number of para-hydroxylation sites is 2. The summed E-state index contributed by atoms with van der Waals surface area (Å²) < 4.78 is 5.57. The molecule has 0 fully saturated rings. The molecule has 0 aliphatic heterocycles. The van der Waals surface area contributed by atoms with Crippen LogP contribution in [-0.4, -0.2) is 21.2 Å². The molecule has 5 heteroatoms. The Labute approximate surface area is 100 Å². The van der Waals surface area contributed by atoms with E-state index in [-0.39, 0.29) is 11.4 Å². The van der Waals surface area contributed by atoms with E-state index in [1.54, 1.807) is 39.8 Å². The third-order valence-corrected chi connectivity index (χ3v) is 2.90. The van der Waals surface area contributed by atoms with Gasteiger partial charge in [-0.15, -0.1) is 0 Å². The van der Waals surface area contributed by atoms with Crippen molar-refractivity contribution in [1.29, 1.82) is 0 Å². The van der Waals surface area contributed by atoms with Crippen LogP contribution in [0.1, 0.15) is 27.7 Å². The van der Waals surface area contributed by atoms with Crippen LogP contribution in [0.15, 0.2) is 24.3 Å². The highest BCUT2D eigenvalue weighted by Gasteiger charge is 2.38. The summed E-state index contributed by atoms with van der Waals surface area (Å²) in [6.45, 7) is 6.57. The van der Waals surface area contributed by atoms with Gasteiger partial charge in [0.1, 0.15) is 5.60 Å². The number of aliphatic hydroxyl groups is 1. The number of hydrogen-bond donors (Lipinski definition) is 1. The van der Waals surface area contributed by atoms with E-state index >= 15 is 0 Å². The zero-order valence-electron chi connectivity index (χ0n) is 10.4. The SMILES string of the molecule is CC(C)(O)C(C)(C)Oc1ccccc1[N+](=O)[O-]. The Morgan fingerprint density at radius 1 is 1.24 bits per heavy atom. The van der Waals surface area contributed by atoms with Crippen LogP contribution in [-0.2, 0) is 0 Å². The van der Waals surface area contributed by atoms with E-state index in [4.69, 9.17) is 4.74 Å². The van der Waals surface area contributed by atoms with Gasteiger partial charge >= 0.3 is 5.69 Å². The minimum absolute atomic E-state index is 0.107. The van der Waals surface area contributed by atoms with Crippen molar-refractivity contribution >= 4 is 5.69 Å². The van der Waals surface area contributed by atoms with Gasteiger partial charge in [0.15, 0.2) is 5.75 Å². The van der Waals surface area contributed by atoms with Crippen molar-refractivity contribution in [3.8, 4) is 5.75 Å². The van der Waals surface area contributed by atoms with Gasteiger partial charge in [0, 0.05) is 6.07 Å². The highest BCUT2D eigenvalue weighted by Crippen LogP contribution is 2.33. The smallest absolute Gasteiger partial charge is 0.310 e. The number of benzene rings is 1. The molecule has 0 spiro atoms. The average Bonchev–Trinajstić information content (AvgIpc) is 2.15. The van der Waals surface area contributed by atoms with Gasteiger partial charge in [-0.3, -0.25) is 10.1 Å². The number of nitro benzene ring substituents is 1. The van der Waals surface area contributed by atoms with E-state index in [2.05, 4.69) is 0 Å². The van der Waals surface area contributed by atoms with Crippen molar-refractivity contribution in [3.05, 3.63) is 34.4 Å². The Kier molecular flexibility index (Phi) is 3.43. The molecule has 0 aromatic heterocycles. The van der Waals surface area contributed by atoms with Crippen molar-refractivity contribution < 1.29 is 14.8 Å². The fraction of sp³-hybridized carbons (Fsp3) is 0.500. The molecule has 0 heterocycles. The van der Waals surface area contributed by atoms with Gasteiger partial charge < -0.3 is 9.84 Å². The minimum atomic E-state index is -1.11. The molecule has 17 heavy (non-hydrogen) atoms. The molecule has 1 aromatic carbocycles. The highest BCUT2D eigenvalue weighted by atomic mass is 16.6. The highest BCUT2D eigenvalue weighted by molar-refractivity contribution is 5.46. The van der Waals surface area contributed by atoms with E-state index in [9.17, 15) is 15.2 Å². The molecule has 1 rings (SSSR count). The van der Waals surface area contributed by atoms with Crippen LogP contribution in [0.5, 0.6) is 5.75 Å². The Balaban J connectivity index is 3.08. The predicted octanol–water partition coefficient (Wildman–Crippen LogP) is 2.52. The topological polar surface area (TPSA) is 72.6 Å². The maximum Gasteiger partial charge on any atom is 0.310 e. The largest absolute Gasteiger partial charge is 0.478 e. The third kappa shape index (κ3) is 2.94. The van der Waals surface area contributed by atoms with Crippen molar-refractivity contribution in [3.63, 3.8) is 0 Å². The van der Waals surface area contributed by atoms with Crippen LogP contribution >= 0.6 is 0 Å². The maximum absolute atomic E-state index is 10.8. The molecule has 0 amide bonds. The van der Waals surface area contributed by atoms with Crippen molar-refractivity contribution in [2.45, 2.75) is 38.9 Å². The van der Waals surface area contributed by atoms with Crippen LogP contribution < -0.4 is 4.74 Å². The molecule has 0 saturated carbocycles. The molecular weight excluding hydrogens is 222 g/mol. The lowest BCUT2D eigenvalue weighted by Crippen LogP contribution is -2.49. The van der Waals surface area contributed by atoms with Crippen LogP contribution in [0, 0.1) is 10.1 Å². The molecule has 0 radical (unpaired) electrons. The van der Waals surface area contributed by atoms with E-state index < -0.39 is 16.1 Å². The summed E-state index contributed by atoms with van der Waals surface area (Å²) in [5.74, 6) is 0.157. The monoisotopic (exact) mass is 239 g/mol. The van der Waals surface area contributed by atoms with E-state index in [0.29, 0.717) is 0 Å². The van der Waals surface area contributed by atoms with Crippen molar-refractivity contribution in [2.24, 2.45) is 0 Å². The predicted molar refractivity (Wildman–Crippen MR) is 64.1 cm³/mol. The van der Waals surface area contributed by atoms with Gasteiger partial charge in [-0.1, -0.05) is 12.1 Å². The second-order valence-corrected chi connectivity index (χ2v) is 4.90. The first kappa shape index (κ1) is 13.4. The van der Waals surface area contributed by atoms with Crippen molar-refractivity contribution in [2.75, 3.05) is 0 Å². The van der Waals surface area contributed by atoms with E-state index in [1.165, 1.54) is 12.1 Å². The Morgan fingerprint density at radius 3 is 2.24 bits per heavy atom. The molecule has 5 nitrogen and oxygen atoms in total. The van der Waals surface area contributed by atoms with Gasteiger partial charge in [-0.2, -0.15) is 0 Å². The molecule has 1 N–H and O–H groups in total. The first-order chi connectivity index (χ1) is 7.65. The quantitative estimate of drug-likeness (QED) is 0.647. The summed E-state index contributed by atoms with van der Waals surface area (Å²) in [7, 11) is 0. The normalized spacial score (nSPS) is 12.3. The van der Waals surface area contributed by atoms with Gasteiger partial charge in [-0.05, 0) is 33.8 Å². The average molecular weight is 239 g/mol. The van der Waals surface area contributed by atoms with Gasteiger partial charge in [-0.25, -0.2) is 0 Å².